The third kappa shape index (κ3) is 10.7. The van der Waals surface area contributed by atoms with E-state index in [-0.39, 0.29) is 25.9 Å². The average Bonchev–Trinajstić information content (AvgIpc) is 1.35. The van der Waals surface area contributed by atoms with Crippen LogP contribution in [-0.4, -0.2) is 17.4 Å². The maximum atomic E-state index is 9.37. The Morgan fingerprint density at radius 3 is 2.14 bits per heavy atom. The summed E-state index contributed by atoms with van der Waals surface area (Å²) in [7, 11) is 0. The van der Waals surface area contributed by atoms with Crippen LogP contribution in [0, 0.1) is 0 Å². The van der Waals surface area contributed by atoms with Crippen molar-refractivity contribution in [1.82, 2.24) is 0 Å². The molecule has 0 atom stereocenters. The van der Waals surface area contributed by atoms with Gasteiger partial charge in [-0.3, -0.25) is 4.79 Å². The van der Waals surface area contributed by atoms with Gasteiger partial charge in [-0.2, -0.15) is 0 Å². The SMILES string of the molecule is O=CCC(=O)O.[Ru]. The summed E-state index contributed by atoms with van der Waals surface area (Å²) < 4.78 is 0. The van der Waals surface area contributed by atoms with E-state index < -0.39 is 5.97 Å². The summed E-state index contributed by atoms with van der Waals surface area (Å²) in [6, 6.07) is 0. The van der Waals surface area contributed by atoms with Gasteiger partial charge in [0.25, 0.3) is 0 Å². The summed E-state index contributed by atoms with van der Waals surface area (Å²) in [4.78, 5) is 18.6. The van der Waals surface area contributed by atoms with E-state index in [0.717, 1.165) is 0 Å². The number of carboxylic acids is 1. The molecule has 0 spiro atoms. The van der Waals surface area contributed by atoms with Crippen molar-refractivity contribution in [3.8, 4) is 0 Å². The summed E-state index contributed by atoms with van der Waals surface area (Å²) in [5.74, 6) is -1.08. The number of carboxylic acid groups (broad SMARTS) is 1. The normalized spacial score (nSPS) is 6.29. The maximum Gasteiger partial charge on any atom is 0.310 e. The predicted octanol–water partition coefficient (Wildman–Crippen LogP) is -0.343. The molecular formula is C3H4O3Ru. The molecule has 0 aromatic rings. The van der Waals surface area contributed by atoms with Crippen LogP contribution < -0.4 is 0 Å². The molecule has 7 heavy (non-hydrogen) atoms. The van der Waals surface area contributed by atoms with Crippen molar-refractivity contribution in [2.75, 3.05) is 0 Å². The first-order valence-electron chi connectivity index (χ1n) is 1.43. The van der Waals surface area contributed by atoms with Crippen molar-refractivity contribution in [3.63, 3.8) is 0 Å². The van der Waals surface area contributed by atoms with Crippen LogP contribution in [0.4, 0.5) is 0 Å². The van der Waals surface area contributed by atoms with Gasteiger partial charge in [0.2, 0.25) is 0 Å². The first kappa shape index (κ1) is 9.90. The van der Waals surface area contributed by atoms with Crippen LogP contribution in [-0.2, 0) is 29.1 Å². The van der Waals surface area contributed by atoms with Gasteiger partial charge >= 0.3 is 5.97 Å². The molecule has 0 aliphatic carbocycles. The van der Waals surface area contributed by atoms with Gasteiger partial charge in [-0.05, 0) is 0 Å². The minimum Gasteiger partial charge on any atom is -0.481 e. The Morgan fingerprint density at radius 1 is 1.71 bits per heavy atom. The van der Waals surface area contributed by atoms with Crippen molar-refractivity contribution >= 4 is 12.3 Å². The second-order valence-electron chi connectivity index (χ2n) is 0.765. The molecule has 4 heteroatoms. The molecule has 0 amide bonds. The van der Waals surface area contributed by atoms with Gasteiger partial charge in [0.15, 0.2) is 0 Å². The van der Waals surface area contributed by atoms with E-state index in [0.29, 0.717) is 6.29 Å². The Balaban J connectivity index is 0. The van der Waals surface area contributed by atoms with Crippen LogP contribution in [0.5, 0.6) is 0 Å². The molecule has 1 N–H and O–H groups in total. The Labute approximate surface area is 53.5 Å². The quantitative estimate of drug-likeness (QED) is 0.367. The minimum absolute atomic E-state index is 0. The van der Waals surface area contributed by atoms with E-state index in [1.807, 2.05) is 0 Å². The van der Waals surface area contributed by atoms with E-state index in [9.17, 15) is 9.59 Å². The molecule has 0 saturated heterocycles. The molecule has 0 radical (unpaired) electrons. The van der Waals surface area contributed by atoms with Crippen molar-refractivity contribution in [1.29, 1.82) is 0 Å². The van der Waals surface area contributed by atoms with Crippen molar-refractivity contribution in [3.05, 3.63) is 0 Å². The number of aldehydes is 1. The summed E-state index contributed by atoms with van der Waals surface area (Å²) in [5.41, 5.74) is 0. The van der Waals surface area contributed by atoms with Gasteiger partial charge in [-0.25, -0.2) is 0 Å². The van der Waals surface area contributed by atoms with Crippen molar-refractivity contribution in [2.45, 2.75) is 6.42 Å². The molecule has 3 nitrogen and oxygen atoms in total. The van der Waals surface area contributed by atoms with Crippen LogP contribution in [0.1, 0.15) is 6.42 Å². The zero-order valence-corrected chi connectivity index (χ0v) is 5.14. The first-order valence-corrected chi connectivity index (χ1v) is 1.43. The third-order valence-electron chi connectivity index (χ3n) is 0.258. The molecule has 0 aliphatic heterocycles. The van der Waals surface area contributed by atoms with Crippen LogP contribution in [0.3, 0.4) is 0 Å². The Hall–Kier alpha value is -0.237. The molecule has 0 bridgehead atoms. The number of rotatable bonds is 2. The Morgan fingerprint density at radius 2 is 2.14 bits per heavy atom. The fourth-order valence-corrected chi connectivity index (χ4v) is 0.0713. The zero-order valence-electron chi connectivity index (χ0n) is 3.40. The molecule has 0 fully saturated rings. The third-order valence-corrected chi connectivity index (χ3v) is 0.258. The molecule has 0 aromatic heterocycles. The molecule has 0 saturated carbocycles. The van der Waals surface area contributed by atoms with Gasteiger partial charge < -0.3 is 9.90 Å². The molecule has 0 unspecified atom stereocenters. The van der Waals surface area contributed by atoms with Crippen molar-refractivity contribution < 1.29 is 34.2 Å². The molecule has 42 valence electrons. The fourth-order valence-electron chi connectivity index (χ4n) is 0.0713. The van der Waals surface area contributed by atoms with E-state index in [2.05, 4.69) is 0 Å². The summed E-state index contributed by atoms with van der Waals surface area (Å²) in [6.07, 6.45) is -0.0394. The molecule has 0 rings (SSSR count). The smallest absolute Gasteiger partial charge is 0.310 e. The number of carbonyl (C=O) groups excluding carboxylic acids is 1. The largest absolute Gasteiger partial charge is 0.481 e. The molecule has 0 aromatic carbocycles. The molecule has 0 aliphatic rings. The first-order chi connectivity index (χ1) is 2.77. The summed E-state index contributed by atoms with van der Waals surface area (Å²) in [5, 5.41) is 7.68. The Bertz CT molecular complexity index is 70.6. The predicted molar refractivity (Wildman–Crippen MR) is 18.3 cm³/mol. The maximum absolute atomic E-state index is 9.37. The van der Waals surface area contributed by atoms with E-state index in [1.54, 1.807) is 0 Å². The standard InChI is InChI=1S/C3H4O3.Ru/c4-2-1-3(5)6;/h2H,1H2,(H,5,6);. The van der Waals surface area contributed by atoms with Crippen LogP contribution in [0.25, 0.3) is 0 Å². The minimum atomic E-state index is -1.08. The number of hydrogen-bond donors (Lipinski definition) is 1. The average molecular weight is 189 g/mol. The van der Waals surface area contributed by atoms with E-state index >= 15 is 0 Å². The Kier molecular flexibility index (Phi) is 8.15. The second kappa shape index (κ2) is 5.76. The van der Waals surface area contributed by atoms with Crippen LogP contribution in [0.15, 0.2) is 0 Å². The molecule has 0 heterocycles. The number of aliphatic carboxylic acids is 1. The van der Waals surface area contributed by atoms with Crippen molar-refractivity contribution in [2.24, 2.45) is 0 Å². The topological polar surface area (TPSA) is 54.4 Å². The fraction of sp³-hybridized carbons (Fsp3) is 0.333. The van der Waals surface area contributed by atoms with Gasteiger partial charge in [-0.15, -0.1) is 0 Å². The van der Waals surface area contributed by atoms with Gasteiger partial charge in [0.05, 0.1) is 0 Å². The van der Waals surface area contributed by atoms with Gasteiger partial charge in [0, 0.05) is 19.5 Å². The second-order valence-corrected chi connectivity index (χ2v) is 0.765. The summed E-state index contributed by atoms with van der Waals surface area (Å²) in [6.45, 7) is 0. The monoisotopic (exact) mass is 190 g/mol. The number of carbonyl (C=O) groups is 2. The zero-order chi connectivity index (χ0) is 4.99. The number of hydrogen-bond acceptors (Lipinski definition) is 2. The molecular weight excluding hydrogens is 185 g/mol. The van der Waals surface area contributed by atoms with Crippen LogP contribution >= 0.6 is 0 Å². The van der Waals surface area contributed by atoms with Crippen LogP contribution in [0.2, 0.25) is 0 Å². The summed E-state index contributed by atoms with van der Waals surface area (Å²) >= 11 is 0. The van der Waals surface area contributed by atoms with E-state index in [1.165, 1.54) is 0 Å². The van der Waals surface area contributed by atoms with E-state index in [4.69, 9.17) is 5.11 Å². The van der Waals surface area contributed by atoms with Gasteiger partial charge in [0.1, 0.15) is 12.7 Å². The van der Waals surface area contributed by atoms with Gasteiger partial charge in [-0.1, -0.05) is 0 Å².